The molecule has 0 aromatic heterocycles. The first-order valence-electron chi connectivity index (χ1n) is 3.70. The second-order valence-electron chi connectivity index (χ2n) is 3.33. The van der Waals surface area contributed by atoms with Crippen molar-refractivity contribution in [2.75, 3.05) is 13.3 Å². The van der Waals surface area contributed by atoms with E-state index in [-0.39, 0.29) is 0 Å². The highest BCUT2D eigenvalue weighted by atomic mass is 31.2. The monoisotopic (exact) mass is 167 g/mol. The minimum atomic E-state index is -1.39. The molecule has 0 aliphatic carbocycles. The number of rotatable bonds is 2. The highest BCUT2D eigenvalue weighted by molar-refractivity contribution is 7.62. The van der Waals surface area contributed by atoms with Crippen molar-refractivity contribution in [1.29, 1.82) is 5.16 Å². The van der Waals surface area contributed by atoms with Gasteiger partial charge in [-0.2, -0.15) is 0 Å². The van der Waals surface area contributed by atoms with Crippen LogP contribution in [0.5, 0.6) is 0 Å². The van der Waals surface area contributed by atoms with Gasteiger partial charge in [-0.25, -0.2) is 0 Å². The molecular weight excluding hydrogens is 153 g/mol. The van der Waals surface area contributed by atoms with Crippen LogP contribution in [0.2, 0.25) is 0 Å². The molecule has 0 saturated carbocycles. The molecular formula is C9H14NP. The van der Waals surface area contributed by atoms with Crippen LogP contribution in [0.4, 0.5) is 0 Å². The molecule has 0 bridgehead atoms. The van der Waals surface area contributed by atoms with Crippen LogP contribution in [0.3, 0.4) is 0 Å². The predicted molar refractivity (Wildman–Crippen MR) is 51.6 cm³/mol. The molecule has 1 aromatic rings. The lowest BCUT2D eigenvalue weighted by Gasteiger charge is -2.09. The van der Waals surface area contributed by atoms with Gasteiger partial charge in [-0.3, -0.25) is 0 Å². The van der Waals surface area contributed by atoms with Crippen LogP contribution >= 0.6 is 7.05 Å². The van der Waals surface area contributed by atoms with E-state index in [1.165, 1.54) is 5.56 Å². The van der Waals surface area contributed by atoms with E-state index < -0.39 is 7.05 Å². The summed E-state index contributed by atoms with van der Waals surface area (Å²) in [4.78, 5) is 0. The lowest BCUT2D eigenvalue weighted by atomic mass is 10.2. The summed E-state index contributed by atoms with van der Waals surface area (Å²) in [5, 5.41) is 7.78. The van der Waals surface area contributed by atoms with Crippen LogP contribution in [-0.4, -0.2) is 13.3 Å². The third kappa shape index (κ3) is 3.38. The Kier molecular flexibility index (Phi) is 2.51. The molecule has 0 aliphatic heterocycles. The molecule has 1 aromatic carbocycles. The third-order valence-electron chi connectivity index (χ3n) is 1.42. The second kappa shape index (κ2) is 3.23. The van der Waals surface area contributed by atoms with Crippen LogP contribution < -0.4 is 0 Å². The Hall–Kier alpha value is -0.550. The molecule has 0 atom stereocenters. The van der Waals surface area contributed by atoms with E-state index in [1.807, 2.05) is 31.5 Å². The molecule has 1 N–H and O–H groups in total. The summed E-state index contributed by atoms with van der Waals surface area (Å²) in [5.41, 5.74) is 1.29. The first-order chi connectivity index (χ1) is 5.08. The van der Waals surface area contributed by atoms with Crippen molar-refractivity contribution in [2.24, 2.45) is 0 Å². The molecule has 1 rings (SSSR count). The average molecular weight is 167 g/mol. The highest BCUT2D eigenvalue weighted by Gasteiger charge is 2.01. The quantitative estimate of drug-likeness (QED) is 0.654. The zero-order chi connectivity index (χ0) is 8.32. The summed E-state index contributed by atoms with van der Waals surface area (Å²) in [5.74, 6) is 0. The van der Waals surface area contributed by atoms with Gasteiger partial charge in [0.1, 0.15) is 0 Å². The van der Waals surface area contributed by atoms with Gasteiger partial charge < -0.3 is 5.16 Å². The van der Waals surface area contributed by atoms with Gasteiger partial charge in [0, 0.05) is 6.16 Å². The fourth-order valence-corrected chi connectivity index (χ4v) is 2.16. The molecule has 60 valence electrons. The highest BCUT2D eigenvalue weighted by Crippen LogP contribution is 2.40. The smallest absolute Gasteiger partial charge is 0.00691 e. The van der Waals surface area contributed by atoms with Gasteiger partial charge >= 0.3 is 0 Å². The van der Waals surface area contributed by atoms with E-state index in [2.05, 4.69) is 12.1 Å². The topological polar surface area (TPSA) is 23.9 Å². The third-order valence-corrected chi connectivity index (χ3v) is 2.58. The number of benzene rings is 1. The van der Waals surface area contributed by atoms with Crippen molar-refractivity contribution in [2.45, 2.75) is 6.16 Å². The molecule has 1 nitrogen and oxygen atoms in total. The Labute approximate surface area is 68.3 Å². The second-order valence-corrected chi connectivity index (χ2v) is 7.01. The SMILES string of the molecule is CP(C)(=N)Cc1ccccc1. The summed E-state index contributed by atoms with van der Waals surface area (Å²) >= 11 is 0. The van der Waals surface area contributed by atoms with Crippen LogP contribution in [0.25, 0.3) is 0 Å². The molecule has 0 fully saturated rings. The summed E-state index contributed by atoms with van der Waals surface area (Å²) < 4.78 is 0. The Morgan fingerprint density at radius 1 is 1.18 bits per heavy atom. The van der Waals surface area contributed by atoms with E-state index in [0.717, 1.165) is 6.16 Å². The first kappa shape index (κ1) is 8.55. The van der Waals surface area contributed by atoms with Crippen molar-refractivity contribution >= 4 is 7.05 Å². The minimum Gasteiger partial charge on any atom is -0.319 e. The molecule has 0 aliphatic rings. The molecule has 0 amide bonds. The molecule has 11 heavy (non-hydrogen) atoms. The Morgan fingerprint density at radius 2 is 1.73 bits per heavy atom. The maximum absolute atomic E-state index is 7.78. The maximum atomic E-state index is 7.78. The van der Waals surface area contributed by atoms with Crippen LogP contribution in [0.15, 0.2) is 30.3 Å². The molecule has 0 radical (unpaired) electrons. The molecule has 0 saturated heterocycles. The van der Waals surface area contributed by atoms with Gasteiger partial charge in [0.05, 0.1) is 0 Å². The van der Waals surface area contributed by atoms with Crippen molar-refractivity contribution in [1.82, 2.24) is 0 Å². The van der Waals surface area contributed by atoms with E-state index in [0.29, 0.717) is 0 Å². The van der Waals surface area contributed by atoms with Crippen LogP contribution in [0, 0.1) is 5.16 Å². The molecule has 0 spiro atoms. The minimum absolute atomic E-state index is 0.938. The van der Waals surface area contributed by atoms with Crippen LogP contribution in [0.1, 0.15) is 5.56 Å². The summed E-state index contributed by atoms with van der Waals surface area (Å²) in [6, 6.07) is 10.3. The molecule has 0 heterocycles. The zero-order valence-electron chi connectivity index (χ0n) is 7.04. The standard InChI is InChI=1S/C9H14NP/c1-11(2,10)8-9-6-4-3-5-7-9/h3-7,10H,8H2,1-2H3. The maximum Gasteiger partial charge on any atom is 0.00691 e. The van der Waals surface area contributed by atoms with Gasteiger partial charge in [0.2, 0.25) is 0 Å². The number of hydrogen-bond acceptors (Lipinski definition) is 1. The lowest BCUT2D eigenvalue weighted by molar-refractivity contribution is 1.35. The van der Waals surface area contributed by atoms with Crippen LogP contribution in [-0.2, 0) is 6.16 Å². The Bertz CT molecular complexity index is 260. The average Bonchev–Trinajstić information content (AvgIpc) is 1.85. The van der Waals surface area contributed by atoms with Crippen molar-refractivity contribution in [3.8, 4) is 0 Å². The largest absolute Gasteiger partial charge is 0.319 e. The first-order valence-corrected chi connectivity index (χ1v) is 6.57. The summed E-state index contributed by atoms with van der Waals surface area (Å²) in [6.45, 7) is 4.08. The molecule has 0 unspecified atom stereocenters. The molecule has 2 heteroatoms. The summed E-state index contributed by atoms with van der Waals surface area (Å²) in [6.07, 6.45) is 0.938. The van der Waals surface area contributed by atoms with Crippen molar-refractivity contribution in [3.63, 3.8) is 0 Å². The van der Waals surface area contributed by atoms with Crippen molar-refractivity contribution < 1.29 is 0 Å². The fourth-order valence-electron chi connectivity index (χ4n) is 1.04. The lowest BCUT2D eigenvalue weighted by Crippen LogP contribution is -1.83. The van der Waals surface area contributed by atoms with E-state index in [9.17, 15) is 0 Å². The van der Waals surface area contributed by atoms with Crippen molar-refractivity contribution in [3.05, 3.63) is 35.9 Å². The fraction of sp³-hybridized carbons (Fsp3) is 0.333. The van der Waals surface area contributed by atoms with E-state index in [4.69, 9.17) is 5.16 Å². The Morgan fingerprint density at radius 3 is 2.18 bits per heavy atom. The van der Waals surface area contributed by atoms with Gasteiger partial charge in [-0.05, 0) is 25.9 Å². The normalized spacial score (nSPS) is 11.5. The zero-order valence-corrected chi connectivity index (χ0v) is 7.94. The number of hydrogen-bond donors (Lipinski definition) is 1. The van der Waals surface area contributed by atoms with Gasteiger partial charge in [0.15, 0.2) is 0 Å². The number of nitrogens with one attached hydrogen (secondary N) is 1. The van der Waals surface area contributed by atoms with E-state index >= 15 is 0 Å². The van der Waals surface area contributed by atoms with E-state index in [1.54, 1.807) is 0 Å². The van der Waals surface area contributed by atoms with Gasteiger partial charge in [-0.1, -0.05) is 30.3 Å². The van der Waals surface area contributed by atoms with Gasteiger partial charge in [0.25, 0.3) is 0 Å². The Balaban J connectivity index is 2.74. The summed E-state index contributed by atoms with van der Waals surface area (Å²) in [7, 11) is -1.39. The van der Waals surface area contributed by atoms with Gasteiger partial charge in [-0.15, -0.1) is 0 Å². The predicted octanol–water partition coefficient (Wildman–Crippen LogP) is 3.23.